The van der Waals surface area contributed by atoms with E-state index in [-0.39, 0.29) is 0 Å². The van der Waals surface area contributed by atoms with Gasteiger partial charge in [0.05, 0.1) is 6.26 Å². The molecule has 0 atom stereocenters. The van der Waals surface area contributed by atoms with Gasteiger partial charge in [-0.1, -0.05) is 0 Å². The van der Waals surface area contributed by atoms with Gasteiger partial charge in [0, 0.05) is 0 Å². The monoisotopic (exact) mass is 96.0 g/mol. The third-order valence-electron chi connectivity index (χ3n) is 0. The molecule has 0 aromatic rings. The van der Waals surface area contributed by atoms with Gasteiger partial charge in [-0.15, -0.1) is 0 Å². The Bertz CT molecular complexity index is 116. The van der Waals surface area contributed by atoms with E-state index in [4.69, 9.17) is 1.41 Å². The first-order valence-electron chi connectivity index (χ1n) is 1.45. The van der Waals surface area contributed by atoms with Gasteiger partial charge >= 0.3 is 0 Å². The van der Waals surface area contributed by atoms with E-state index in [0.717, 1.165) is 6.26 Å². The molecule has 0 fully saturated rings. The second kappa shape index (κ2) is 0.948. The molecule has 0 spiro atoms. The zero-order chi connectivity index (χ0) is 5.21. The summed E-state index contributed by atoms with van der Waals surface area (Å²) in [6.07, 6.45) is 0.917. The zero-order valence-electron chi connectivity index (χ0n) is 3.72. The van der Waals surface area contributed by atoms with Gasteiger partial charge in [0.1, 0.15) is 1.41 Å². The molecule has 0 amide bonds. The van der Waals surface area contributed by atoms with Crippen LogP contribution in [0.1, 0.15) is 0 Å². The van der Waals surface area contributed by atoms with Crippen LogP contribution in [-0.4, -0.2) is 14.7 Å². The van der Waals surface area contributed by atoms with Crippen molar-refractivity contribution in [3.8, 4) is 0 Å². The van der Waals surface area contributed by atoms with E-state index in [1.54, 1.807) is 0 Å². The quantitative estimate of drug-likeness (QED) is 0.450. The van der Waals surface area contributed by atoms with Crippen molar-refractivity contribution in [2.45, 2.75) is 0 Å². The molecule has 0 aromatic carbocycles. The van der Waals surface area contributed by atoms with Crippen LogP contribution in [-0.2, 0) is 10.0 Å². The Hall–Kier alpha value is -0.0900. The second-order valence-corrected chi connectivity index (χ2v) is 2.32. The molecule has 0 aromatic heterocycles. The third kappa shape index (κ3) is 1760. The van der Waals surface area contributed by atoms with Gasteiger partial charge in [-0.25, -0.2) is 13.5 Å². The summed E-state index contributed by atoms with van der Waals surface area (Å²) in [4.78, 5) is 0. The van der Waals surface area contributed by atoms with E-state index in [1.165, 1.54) is 5.13 Å². The van der Waals surface area contributed by atoms with Crippen molar-refractivity contribution < 1.29 is 9.83 Å². The summed E-state index contributed by atoms with van der Waals surface area (Å²) in [6.45, 7) is 0. The van der Waals surface area contributed by atoms with Gasteiger partial charge in [0.25, 0.3) is 0 Å². The fourth-order valence-corrected chi connectivity index (χ4v) is 0. The van der Waals surface area contributed by atoms with Crippen LogP contribution >= 0.6 is 0 Å². The Morgan fingerprint density at radius 1 is 2.00 bits per heavy atom. The lowest BCUT2D eigenvalue weighted by atomic mass is 12.0. The summed E-state index contributed by atoms with van der Waals surface area (Å²) in [5, 5.41) is 1.33. The van der Waals surface area contributed by atoms with Gasteiger partial charge in [0.15, 0.2) is 0 Å². The second-order valence-electron chi connectivity index (χ2n) is 0.772. The number of primary sulfonamides is 1. The molecule has 0 aliphatic rings. The Morgan fingerprint density at radius 3 is 2.20 bits per heavy atom. The van der Waals surface area contributed by atoms with Crippen LogP contribution in [0.5, 0.6) is 0 Å². The number of sulfonamides is 1. The first-order chi connectivity index (χ1) is 2.56. The molecule has 0 heterocycles. The molecular weight excluding hydrogens is 90.1 g/mol. The van der Waals surface area contributed by atoms with Crippen LogP contribution in [0.25, 0.3) is 0 Å². The van der Waals surface area contributed by atoms with Gasteiger partial charge in [-0.3, -0.25) is 0 Å². The molecule has 0 rings (SSSR count). The lowest BCUT2D eigenvalue weighted by molar-refractivity contribution is 0.603. The summed E-state index contributed by atoms with van der Waals surface area (Å²) in [5.74, 6) is 0. The lowest BCUT2D eigenvalue weighted by Gasteiger charge is -1.71. The van der Waals surface area contributed by atoms with E-state index in [1.807, 2.05) is 0 Å². The smallest absolute Gasteiger partial charge is 0.206 e. The maximum absolute atomic E-state index is 9.70. The maximum Gasteiger partial charge on any atom is 0.206 e. The van der Waals surface area contributed by atoms with Gasteiger partial charge in [-0.05, 0) is 0 Å². The molecule has 5 heavy (non-hydrogen) atoms. The average molecular weight is 96.1 g/mol. The van der Waals surface area contributed by atoms with Crippen LogP contribution in [0.3, 0.4) is 0 Å². The Balaban J connectivity index is 3.85. The average Bonchev–Trinajstić information content (AvgIpc) is 1.35. The molecule has 0 saturated heterocycles. The Kier molecular flexibility index (Phi) is 0.590. The molecule has 0 aliphatic heterocycles. The summed E-state index contributed by atoms with van der Waals surface area (Å²) >= 11 is 0. The maximum atomic E-state index is 9.70. The zero-order valence-corrected chi connectivity index (χ0v) is 3.54. The van der Waals surface area contributed by atoms with Crippen molar-refractivity contribution in [3.63, 3.8) is 0 Å². The van der Waals surface area contributed by atoms with E-state index in [0.29, 0.717) is 0 Å². The number of hydrogen-bond donors (Lipinski definition) is 1. The predicted molar refractivity (Wildman–Crippen MR) is 19.0 cm³/mol. The number of hydrogen-bond acceptors (Lipinski definition) is 2. The molecule has 4 heteroatoms. The lowest BCUT2D eigenvalue weighted by Crippen LogP contribution is -2.07. The van der Waals surface area contributed by atoms with Crippen LogP contribution < -0.4 is 5.13 Å². The van der Waals surface area contributed by atoms with Crippen LogP contribution in [0, 0.1) is 0 Å². The standard InChI is InChI=1S/CH5NO2S/c1-5(2,3)4/h1H3,(H2,2,3,4)/i/hD. The van der Waals surface area contributed by atoms with E-state index in [2.05, 4.69) is 0 Å². The van der Waals surface area contributed by atoms with Crippen LogP contribution in [0.2, 0.25) is 1.41 Å². The largest absolute Gasteiger partial charge is 0.229 e. The molecule has 3 nitrogen and oxygen atoms in total. The summed E-state index contributed by atoms with van der Waals surface area (Å²) in [5.41, 5.74) is 0. The number of nitrogens with two attached hydrogens (primary N) is 1. The molecule has 0 unspecified atom stereocenters. The fourth-order valence-electron chi connectivity index (χ4n) is 0. The predicted octanol–water partition coefficient (Wildman–Crippen LogP) is -1.10. The highest BCUT2D eigenvalue weighted by molar-refractivity contribution is 7.88. The van der Waals surface area contributed by atoms with Gasteiger partial charge < -0.3 is 0 Å². The molecule has 0 bridgehead atoms. The van der Waals surface area contributed by atoms with Gasteiger partial charge in [0.2, 0.25) is 10.0 Å². The first kappa shape index (κ1) is 3.11. The van der Waals surface area contributed by atoms with Crippen LogP contribution in [0.4, 0.5) is 0 Å². The Morgan fingerprint density at radius 2 is 2.20 bits per heavy atom. The summed E-state index contributed by atoms with van der Waals surface area (Å²) < 4.78 is 25.4. The summed E-state index contributed by atoms with van der Waals surface area (Å²) in [6, 6.07) is 0. The highest BCUT2D eigenvalue weighted by atomic mass is 32.2. The molecule has 0 aliphatic carbocycles. The van der Waals surface area contributed by atoms with Crippen molar-refractivity contribution in [2.24, 2.45) is 5.13 Å². The number of rotatable bonds is 1. The molecule has 0 radical (unpaired) electrons. The molecular formula is CH5NO2S. The van der Waals surface area contributed by atoms with Crippen LogP contribution in [0.15, 0.2) is 0 Å². The minimum atomic E-state index is -3.25. The molecule has 32 valence electrons. The highest BCUT2D eigenvalue weighted by Gasteiger charge is 1.78. The van der Waals surface area contributed by atoms with E-state index >= 15 is 0 Å². The summed E-state index contributed by atoms with van der Waals surface area (Å²) in [7, 11) is -3.25. The highest BCUT2D eigenvalue weighted by Crippen LogP contribution is 1.52. The van der Waals surface area contributed by atoms with Crippen molar-refractivity contribution in [2.75, 3.05) is 6.26 Å². The minimum absolute atomic E-state index is 0.917. The van der Waals surface area contributed by atoms with Crippen molar-refractivity contribution in [1.29, 1.82) is 0 Å². The first-order valence-corrected chi connectivity index (χ1v) is 2.84. The Labute approximate surface area is 32.3 Å². The van der Waals surface area contributed by atoms with Crippen molar-refractivity contribution >= 4 is 10.0 Å². The SMILES string of the molecule is [2H]NS(C)(=O)=O. The van der Waals surface area contributed by atoms with Crippen molar-refractivity contribution in [1.82, 2.24) is 0 Å². The fraction of sp³-hybridized carbons (Fsp3) is 1.00. The van der Waals surface area contributed by atoms with E-state index in [9.17, 15) is 8.42 Å². The van der Waals surface area contributed by atoms with Crippen molar-refractivity contribution in [3.05, 3.63) is 0 Å². The van der Waals surface area contributed by atoms with E-state index < -0.39 is 10.0 Å². The molecule has 2 N–H and O–H groups in total. The third-order valence-corrected chi connectivity index (χ3v) is 0. The normalized spacial score (nSPS) is 14.2. The van der Waals surface area contributed by atoms with Gasteiger partial charge in [-0.2, -0.15) is 0 Å². The topological polar surface area (TPSA) is 60.2 Å². The minimum Gasteiger partial charge on any atom is -0.229 e. The molecule has 0 saturated carbocycles.